The summed E-state index contributed by atoms with van der Waals surface area (Å²) in [7, 11) is 0. The Morgan fingerprint density at radius 2 is 1.74 bits per heavy atom. The van der Waals surface area contributed by atoms with Gasteiger partial charge in [-0.1, -0.05) is 31.2 Å². The van der Waals surface area contributed by atoms with E-state index in [0.29, 0.717) is 17.0 Å². The van der Waals surface area contributed by atoms with Gasteiger partial charge in [-0.2, -0.15) is 0 Å². The molecule has 2 aromatic carbocycles. The van der Waals surface area contributed by atoms with E-state index < -0.39 is 5.97 Å². The number of aryl methyl sites for hydroxylation is 1. The third-order valence-electron chi connectivity index (χ3n) is 8.20. The molecule has 1 aliphatic carbocycles. The van der Waals surface area contributed by atoms with E-state index in [4.69, 9.17) is 5.11 Å². The molecule has 4 nitrogen and oxygen atoms in total. The number of likely N-dealkylation sites (tertiary alicyclic amines) is 1. The molecular formula is C27H34N2O2. The molecule has 0 radical (unpaired) electrons. The van der Waals surface area contributed by atoms with Crippen LogP contribution in [0.1, 0.15) is 73.0 Å². The van der Waals surface area contributed by atoms with Crippen molar-refractivity contribution in [3.8, 4) is 0 Å². The number of nitrogens with zero attached hydrogens (tertiary/aromatic N) is 2. The highest BCUT2D eigenvalue weighted by molar-refractivity contribution is 5.88. The van der Waals surface area contributed by atoms with Crippen molar-refractivity contribution in [1.29, 1.82) is 0 Å². The van der Waals surface area contributed by atoms with E-state index in [-0.39, 0.29) is 0 Å². The van der Waals surface area contributed by atoms with Crippen LogP contribution in [0, 0.1) is 5.41 Å². The summed E-state index contributed by atoms with van der Waals surface area (Å²) in [4.78, 5) is 16.4. The van der Waals surface area contributed by atoms with Gasteiger partial charge >= 0.3 is 5.97 Å². The molecule has 3 fully saturated rings. The first kappa shape index (κ1) is 20.6. The molecule has 4 heteroatoms. The number of hydrogen-bond acceptors (Lipinski definition) is 3. The van der Waals surface area contributed by atoms with Crippen LogP contribution >= 0.6 is 0 Å². The van der Waals surface area contributed by atoms with Gasteiger partial charge in [-0.3, -0.25) is 4.90 Å². The van der Waals surface area contributed by atoms with Crippen LogP contribution in [0.25, 0.3) is 0 Å². The lowest BCUT2D eigenvalue weighted by Crippen LogP contribution is -2.54. The Hall–Kier alpha value is -2.33. The van der Waals surface area contributed by atoms with Crippen LogP contribution in [-0.2, 0) is 6.42 Å². The number of anilines is 1. The van der Waals surface area contributed by atoms with Crippen molar-refractivity contribution >= 4 is 11.7 Å². The van der Waals surface area contributed by atoms with Crippen molar-refractivity contribution in [3.05, 3.63) is 65.2 Å². The molecule has 5 rings (SSSR count). The summed E-state index contributed by atoms with van der Waals surface area (Å²) in [6, 6.07) is 17.8. The van der Waals surface area contributed by atoms with E-state index in [1.165, 1.54) is 50.6 Å². The number of carbonyl (C=O) groups is 1. The van der Waals surface area contributed by atoms with Gasteiger partial charge in [0.25, 0.3) is 0 Å². The molecule has 1 saturated carbocycles. The quantitative estimate of drug-likeness (QED) is 0.693. The number of benzene rings is 2. The van der Waals surface area contributed by atoms with Crippen LogP contribution in [0.2, 0.25) is 0 Å². The van der Waals surface area contributed by atoms with Gasteiger partial charge in [-0.25, -0.2) is 4.79 Å². The Kier molecular flexibility index (Phi) is 5.51. The smallest absolute Gasteiger partial charge is 0.335 e. The number of carboxylic acid groups (broad SMARTS) is 1. The highest BCUT2D eigenvalue weighted by atomic mass is 16.4. The number of aromatic carboxylic acids is 1. The van der Waals surface area contributed by atoms with Crippen LogP contribution in [0.5, 0.6) is 0 Å². The van der Waals surface area contributed by atoms with Gasteiger partial charge in [0.15, 0.2) is 0 Å². The average Bonchev–Trinajstić information content (AvgIpc) is 3.27. The standard InChI is InChI=1S/C27H34N2O2/c1-2-20-6-3-4-7-24(20)25-8-5-15-29(25)23-18-27(19-23)13-16-28(17-14-27)22-11-9-21(10-12-22)26(30)31/h3-4,6-7,9-12,23,25H,2,5,8,13-19H2,1H3,(H,30,31). The van der Waals surface area contributed by atoms with Crippen molar-refractivity contribution in [3.63, 3.8) is 0 Å². The van der Waals surface area contributed by atoms with Crippen molar-refractivity contribution in [2.75, 3.05) is 24.5 Å². The van der Waals surface area contributed by atoms with Gasteiger partial charge < -0.3 is 10.0 Å². The minimum Gasteiger partial charge on any atom is -0.478 e. The molecule has 0 aromatic heterocycles. The summed E-state index contributed by atoms with van der Waals surface area (Å²) >= 11 is 0. The highest BCUT2D eigenvalue weighted by Crippen LogP contribution is 2.54. The molecule has 0 bridgehead atoms. The van der Waals surface area contributed by atoms with E-state index in [0.717, 1.165) is 31.2 Å². The summed E-state index contributed by atoms with van der Waals surface area (Å²) in [5, 5.41) is 9.11. The Morgan fingerprint density at radius 3 is 2.42 bits per heavy atom. The molecule has 2 saturated heterocycles. The predicted molar refractivity (Wildman–Crippen MR) is 125 cm³/mol. The molecule has 164 valence electrons. The fraction of sp³-hybridized carbons (Fsp3) is 0.519. The van der Waals surface area contributed by atoms with Crippen LogP contribution in [-0.4, -0.2) is 41.7 Å². The molecule has 31 heavy (non-hydrogen) atoms. The van der Waals surface area contributed by atoms with E-state index in [9.17, 15) is 4.79 Å². The second-order valence-corrected chi connectivity index (χ2v) is 9.85. The lowest BCUT2D eigenvalue weighted by atomic mass is 9.59. The fourth-order valence-electron chi connectivity index (χ4n) is 6.38. The maximum absolute atomic E-state index is 11.1. The first-order valence-corrected chi connectivity index (χ1v) is 12.0. The van der Waals surface area contributed by atoms with Crippen molar-refractivity contribution < 1.29 is 9.90 Å². The lowest BCUT2D eigenvalue weighted by Gasteiger charge is -2.56. The molecule has 1 unspecified atom stereocenters. The van der Waals surface area contributed by atoms with E-state index in [2.05, 4.69) is 41.0 Å². The fourth-order valence-corrected chi connectivity index (χ4v) is 6.38. The van der Waals surface area contributed by atoms with Crippen molar-refractivity contribution in [2.24, 2.45) is 5.41 Å². The third kappa shape index (κ3) is 3.87. The zero-order valence-corrected chi connectivity index (χ0v) is 18.6. The summed E-state index contributed by atoms with van der Waals surface area (Å²) in [5.41, 5.74) is 5.15. The van der Waals surface area contributed by atoms with Gasteiger partial charge in [0.1, 0.15) is 0 Å². The van der Waals surface area contributed by atoms with Gasteiger partial charge in [0.05, 0.1) is 5.56 Å². The topological polar surface area (TPSA) is 43.8 Å². The van der Waals surface area contributed by atoms with Gasteiger partial charge in [0, 0.05) is 30.9 Å². The molecule has 3 aliphatic rings. The lowest BCUT2D eigenvalue weighted by molar-refractivity contribution is -0.0227. The van der Waals surface area contributed by atoms with Crippen molar-refractivity contribution in [1.82, 2.24) is 4.90 Å². The molecule has 2 aliphatic heterocycles. The van der Waals surface area contributed by atoms with E-state index in [1.807, 2.05) is 12.1 Å². The average molecular weight is 419 g/mol. The number of rotatable bonds is 5. The molecule has 1 spiro atoms. The van der Waals surface area contributed by atoms with Gasteiger partial charge in [-0.05, 0) is 92.3 Å². The monoisotopic (exact) mass is 418 g/mol. The number of hydrogen-bond donors (Lipinski definition) is 1. The normalized spacial score (nSPS) is 23.8. The van der Waals surface area contributed by atoms with E-state index >= 15 is 0 Å². The second-order valence-electron chi connectivity index (χ2n) is 9.85. The maximum atomic E-state index is 11.1. The van der Waals surface area contributed by atoms with Gasteiger partial charge in [-0.15, -0.1) is 0 Å². The van der Waals surface area contributed by atoms with Gasteiger partial charge in [0.2, 0.25) is 0 Å². The molecule has 2 heterocycles. The predicted octanol–water partition coefficient (Wildman–Crippen LogP) is 5.53. The first-order chi connectivity index (χ1) is 15.1. The number of carboxylic acids is 1. The molecular weight excluding hydrogens is 384 g/mol. The molecule has 1 atom stereocenters. The molecule has 0 amide bonds. The number of piperidine rings is 1. The van der Waals surface area contributed by atoms with Crippen molar-refractivity contribution in [2.45, 2.75) is 64.0 Å². The van der Waals surface area contributed by atoms with Crippen LogP contribution < -0.4 is 4.90 Å². The Balaban J connectivity index is 1.19. The minimum atomic E-state index is -0.855. The first-order valence-electron chi connectivity index (χ1n) is 12.0. The SMILES string of the molecule is CCc1ccccc1C1CCCN1C1CC2(CCN(c3ccc(C(=O)O)cc3)CC2)C1. The molecule has 1 N–H and O–H groups in total. The zero-order chi connectivity index (χ0) is 21.4. The maximum Gasteiger partial charge on any atom is 0.335 e. The van der Waals surface area contributed by atoms with Crippen LogP contribution in [0.3, 0.4) is 0 Å². The highest BCUT2D eigenvalue weighted by Gasteiger charge is 2.49. The largest absolute Gasteiger partial charge is 0.478 e. The van der Waals surface area contributed by atoms with Crippen LogP contribution in [0.4, 0.5) is 5.69 Å². The Morgan fingerprint density at radius 1 is 1.03 bits per heavy atom. The third-order valence-corrected chi connectivity index (χ3v) is 8.20. The summed E-state index contributed by atoms with van der Waals surface area (Å²) in [6.07, 6.45) is 8.97. The Labute approximate surface area is 185 Å². The minimum absolute atomic E-state index is 0.365. The zero-order valence-electron chi connectivity index (χ0n) is 18.6. The van der Waals surface area contributed by atoms with E-state index in [1.54, 1.807) is 17.7 Å². The summed E-state index contributed by atoms with van der Waals surface area (Å²) < 4.78 is 0. The summed E-state index contributed by atoms with van der Waals surface area (Å²) in [6.45, 7) is 5.70. The van der Waals surface area contributed by atoms with Crippen LogP contribution in [0.15, 0.2) is 48.5 Å². The molecule has 2 aromatic rings. The summed E-state index contributed by atoms with van der Waals surface area (Å²) in [5.74, 6) is -0.855. The Bertz CT molecular complexity index is 923. The second kappa shape index (κ2) is 8.31.